The molecule has 0 unspecified atom stereocenters. The molecule has 1 aromatic carbocycles. The maximum absolute atomic E-state index is 11.4. The molecule has 0 aliphatic carbocycles. The largest absolute Gasteiger partial charge is 0.464 e. The summed E-state index contributed by atoms with van der Waals surface area (Å²) in [7, 11) is -4.20. The summed E-state index contributed by atoms with van der Waals surface area (Å²) < 4.78 is 27.6. The fraction of sp³-hybridized carbons (Fsp3) is 0.300. The van der Waals surface area contributed by atoms with E-state index in [1.807, 2.05) is 0 Å². The average Bonchev–Trinajstić information content (AvgIpc) is 2.59. The Bertz CT molecular complexity index is 618. The van der Waals surface area contributed by atoms with E-state index < -0.39 is 22.4 Å². The van der Waals surface area contributed by atoms with Gasteiger partial charge in [0.15, 0.2) is 0 Å². The Kier molecular flexibility index (Phi) is 3.91. The lowest BCUT2D eigenvalue weighted by Gasteiger charge is -2.17. The van der Waals surface area contributed by atoms with Crippen LogP contribution in [0.15, 0.2) is 18.2 Å². The topological polar surface area (TPSA) is 83.9 Å². The van der Waals surface area contributed by atoms with Gasteiger partial charge >= 0.3 is 16.4 Å². The summed E-state index contributed by atoms with van der Waals surface area (Å²) in [5.74, 6) is 0. The van der Waals surface area contributed by atoms with Crippen molar-refractivity contribution in [1.29, 1.82) is 0 Å². The van der Waals surface area contributed by atoms with Gasteiger partial charge in [0, 0.05) is 0 Å². The van der Waals surface area contributed by atoms with Crippen LogP contribution in [0.1, 0.15) is 5.56 Å². The standard InChI is InChI=1S/C10H9Cl2NO5S/c11-8-2-1-6(4-9(8)12)3-7-5-18-19(16,17)13(7)10(14)15/h1-2,4,7H,3,5H2,(H,14,15)/t7-/m0/s1. The Morgan fingerprint density at radius 3 is 2.68 bits per heavy atom. The van der Waals surface area contributed by atoms with Crippen molar-refractivity contribution in [3.8, 4) is 0 Å². The Labute approximate surface area is 119 Å². The van der Waals surface area contributed by atoms with Gasteiger partial charge in [0.2, 0.25) is 0 Å². The minimum absolute atomic E-state index is 0.169. The van der Waals surface area contributed by atoms with Gasteiger partial charge in [-0.2, -0.15) is 12.7 Å². The number of nitrogens with zero attached hydrogens (tertiary/aromatic N) is 1. The lowest BCUT2D eigenvalue weighted by atomic mass is 10.1. The first-order valence-corrected chi connectivity index (χ1v) is 7.29. The van der Waals surface area contributed by atoms with Gasteiger partial charge in [0.05, 0.1) is 22.7 Å². The first-order chi connectivity index (χ1) is 8.81. The number of carbonyl (C=O) groups is 1. The molecule has 0 aromatic heterocycles. The van der Waals surface area contributed by atoms with Crippen molar-refractivity contribution in [2.24, 2.45) is 0 Å². The normalized spacial score (nSPS) is 21.6. The van der Waals surface area contributed by atoms with Crippen LogP contribution in [0.4, 0.5) is 4.79 Å². The number of amides is 1. The van der Waals surface area contributed by atoms with Crippen LogP contribution >= 0.6 is 23.2 Å². The molecule has 19 heavy (non-hydrogen) atoms. The molecule has 0 bridgehead atoms. The van der Waals surface area contributed by atoms with Crippen LogP contribution in [-0.2, 0) is 20.9 Å². The van der Waals surface area contributed by atoms with Crippen LogP contribution < -0.4 is 0 Å². The molecule has 9 heteroatoms. The highest BCUT2D eigenvalue weighted by Crippen LogP contribution is 2.26. The summed E-state index contributed by atoms with van der Waals surface area (Å²) in [5.41, 5.74) is 0.673. The second kappa shape index (κ2) is 5.16. The second-order valence-corrected chi connectivity index (χ2v) is 6.23. The van der Waals surface area contributed by atoms with Gasteiger partial charge < -0.3 is 5.11 Å². The number of halogens is 2. The third-order valence-electron chi connectivity index (χ3n) is 2.63. The first-order valence-electron chi connectivity index (χ1n) is 5.17. The van der Waals surface area contributed by atoms with Crippen molar-refractivity contribution in [3.63, 3.8) is 0 Å². The Hall–Kier alpha value is -1.02. The molecule has 6 nitrogen and oxygen atoms in total. The molecule has 1 amide bonds. The number of rotatable bonds is 2. The third-order valence-corrected chi connectivity index (χ3v) is 4.73. The highest BCUT2D eigenvalue weighted by molar-refractivity contribution is 7.85. The van der Waals surface area contributed by atoms with Crippen LogP contribution in [0.25, 0.3) is 0 Å². The van der Waals surface area contributed by atoms with Crippen molar-refractivity contribution in [3.05, 3.63) is 33.8 Å². The van der Waals surface area contributed by atoms with Crippen LogP contribution in [-0.4, -0.2) is 36.6 Å². The summed E-state index contributed by atoms with van der Waals surface area (Å²) in [5, 5.41) is 9.61. The quantitative estimate of drug-likeness (QED) is 0.900. The lowest BCUT2D eigenvalue weighted by molar-refractivity contribution is 0.164. The minimum atomic E-state index is -4.20. The van der Waals surface area contributed by atoms with Gasteiger partial charge in [0.1, 0.15) is 0 Å². The maximum atomic E-state index is 11.4. The Morgan fingerprint density at radius 2 is 2.11 bits per heavy atom. The molecule has 0 spiro atoms. The molecule has 1 saturated heterocycles. The fourth-order valence-electron chi connectivity index (χ4n) is 1.80. The zero-order chi connectivity index (χ0) is 14.2. The van der Waals surface area contributed by atoms with Crippen molar-refractivity contribution in [1.82, 2.24) is 4.31 Å². The fourth-order valence-corrected chi connectivity index (χ4v) is 3.26. The first kappa shape index (κ1) is 14.4. The maximum Gasteiger partial charge on any atom is 0.423 e. The number of hydrogen-bond donors (Lipinski definition) is 1. The predicted molar refractivity (Wildman–Crippen MR) is 68.7 cm³/mol. The van der Waals surface area contributed by atoms with E-state index in [2.05, 4.69) is 4.18 Å². The molecule has 1 fully saturated rings. The smallest absolute Gasteiger partial charge is 0.423 e. The minimum Gasteiger partial charge on any atom is -0.464 e. The summed E-state index contributed by atoms with van der Waals surface area (Å²) in [6.07, 6.45) is -1.40. The van der Waals surface area contributed by atoms with Gasteiger partial charge in [0.25, 0.3) is 0 Å². The Morgan fingerprint density at radius 1 is 1.42 bits per heavy atom. The van der Waals surface area contributed by atoms with E-state index in [1.54, 1.807) is 18.2 Å². The summed E-state index contributed by atoms with van der Waals surface area (Å²) >= 11 is 11.6. The zero-order valence-electron chi connectivity index (χ0n) is 9.42. The number of hydrogen-bond acceptors (Lipinski definition) is 4. The van der Waals surface area contributed by atoms with Gasteiger partial charge in [-0.1, -0.05) is 29.3 Å². The molecule has 1 heterocycles. The van der Waals surface area contributed by atoms with Gasteiger partial charge in [-0.05, 0) is 24.1 Å². The molecule has 1 atom stereocenters. The van der Waals surface area contributed by atoms with E-state index in [0.717, 1.165) is 0 Å². The molecule has 1 aliphatic rings. The van der Waals surface area contributed by atoms with E-state index in [-0.39, 0.29) is 13.0 Å². The predicted octanol–water partition coefficient (Wildman–Crippen LogP) is 2.16. The van der Waals surface area contributed by atoms with Crippen LogP contribution in [0.3, 0.4) is 0 Å². The summed E-state index contributed by atoms with van der Waals surface area (Å²) in [6.45, 7) is -0.213. The molecule has 1 aliphatic heterocycles. The van der Waals surface area contributed by atoms with Crippen molar-refractivity contribution < 1.29 is 22.5 Å². The molecule has 0 radical (unpaired) electrons. The van der Waals surface area contributed by atoms with Gasteiger partial charge in [-0.25, -0.2) is 4.79 Å². The van der Waals surface area contributed by atoms with E-state index in [9.17, 15) is 13.2 Å². The summed E-state index contributed by atoms with van der Waals surface area (Å²) in [6, 6.07) is 3.97. The molecule has 2 rings (SSSR count). The lowest BCUT2D eigenvalue weighted by Crippen LogP contribution is -2.39. The highest BCUT2D eigenvalue weighted by Gasteiger charge is 2.42. The van der Waals surface area contributed by atoms with E-state index >= 15 is 0 Å². The van der Waals surface area contributed by atoms with Crippen molar-refractivity contribution in [2.45, 2.75) is 12.5 Å². The van der Waals surface area contributed by atoms with E-state index in [0.29, 0.717) is 19.9 Å². The number of carboxylic acid groups (broad SMARTS) is 1. The highest BCUT2D eigenvalue weighted by atomic mass is 35.5. The second-order valence-electron chi connectivity index (χ2n) is 3.93. The molecule has 104 valence electrons. The third kappa shape index (κ3) is 2.94. The van der Waals surface area contributed by atoms with Crippen LogP contribution in [0, 0.1) is 0 Å². The van der Waals surface area contributed by atoms with Crippen LogP contribution in [0.5, 0.6) is 0 Å². The average molecular weight is 326 g/mol. The van der Waals surface area contributed by atoms with E-state index in [4.69, 9.17) is 28.3 Å². The number of benzene rings is 1. The molecule has 0 saturated carbocycles. The molecule has 1 N–H and O–H groups in total. The summed E-state index contributed by atoms with van der Waals surface area (Å²) in [4.78, 5) is 11.0. The van der Waals surface area contributed by atoms with Gasteiger partial charge in [-0.3, -0.25) is 4.18 Å². The van der Waals surface area contributed by atoms with Gasteiger partial charge in [-0.15, -0.1) is 0 Å². The van der Waals surface area contributed by atoms with Crippen LogP contribution in [0.2, 0.25) is 10.0 Å². The molecular formula is C10H9Cl2NO5S. The zero-order valence-corrected chi connectivity index (χ0v) is 11.7. The van der Waals surface area contributed by atoms with Crippen molar-refractivity contribution in [2.75, 3.05) is 6.61 Å². The molecular weight excluding hydrogens is 317 g/mol. The van der Waals surface area contributed by atoms with Crippen molar-refractivity contribution >= 4 is 39.6 Å². The van der Waals surface area contributed by atoms with E-state index in [1.165, 1.54) is 0 Å². The Balaban J connectivity index is 2.23. The monoisotopic (exact) mass is 325 g/mol. The SMILES string of the molecule is O=C(O)N1[C@@H](Cc2ccc(Cl)c(Cl)c2)COS1(=O)=O. The molecule has 1 aromatic rings.